The fraction of sp³-hybridized carbons (Fsp3) is 0.429. The summed E-state index contributed by atoms with van der Waals surface area (Å²) in [5, 5.41) is 9.43. The SMILES string of the molecule is O=C(O)CN1CCCN(C(=O)c2cccc(Cl)c2Cl)CC1. The molecule has 114 valence electrons. The maximum absolute atomic E-state index is 12.5. The Morgan fingerprint density at radius 2 is 1.90 bits per heavy atom. The molecule has 0 unspecified atom stereocenters. The molecule has 0 saturated carbocycles. The largest absolute Gasteiger partial charge is 0.480 e. The summed E-state index contributed by atoms with van der Waals surface area (Å²) in [4.78, 5) is 26.8. The fourth-order valence-electron chi connectivity index (χ4n) is 2.36. The number of aliphatic carboxylic acids is 1. The van der Waals surface area contributed by atoms with Gasteiger partial charge in [-0.2, -0.15) is 0 Å². The predicted molar refractivity (Wildman–Crippen MR) is 81.1 cm³/mol. The zero-order valence-corrected chi connectivity index (χ0v) is 12.9. The zero-order valence-electron chi connectivity index (χ0n) is 11.4. The predicted octanol–water partition coefficient (Wildman–Crippen LogP) is 2.23. The summed E-state index contributed by atoms with van der Waals surface area (Å²) >= 11 is 12.0. The summed E-state index contributed by atoms with van der Waals surface area (Å²) < 4.78 is 0. The highest BCUT2D eigenvalue weighted by molar-refractivity contribution is 6.43. The number of nitrogens with zero attached hydrogens (tertiary/aromatic N) is 2. The Kier molecular flexibility index (Phi) is 5.45. The van der Waals surface area contributed by atoms with Crippen LogP contribution in [0.1, 0.15) is 16.8 Å². The summed E-state index contributed by atoms with van der Waals surface area (Å²) in [5.41, 5.74) is 0.385. The van der Waals surface area contributed by atoms with E-state index in [-0.39, 0.29) is 17.5 Å². The van der Waals surface area contributed by atoms with Gasteiger partial charge >= 0.3 is 5.97 Å². The normalized spacial score (nSPS) is 16.6. The van der Waals surface area contributed by atoms with E-state index in [1.54, 1.807) is 23.1 Å². The number of carbonyl (C=O) groups excluding carboxylic acids is 1. The van der Waals surface area contributed by atoms with E-state index in [1.807, 2.05) is 4.90 Å². The van der Waals surface area contributed by atoms with Crippen LogP contribution in [0.25, 0.3) is 0 Å². The highest BCUT2D eigenvalue weighted by Crippen LogP contribution is 2.26. The molecular formula is C14H16Cl2N2O3. The lowest BCUT2D eigenvalue weighted by atomic mass is 10.2. The molecule has 0 aromatic heterocycles. The van der Waals surface area contributed by atoms with E-state index in [0.717, 1.165) is 6.42 Å². The van der Waals surface area contributed by atoms with Crippen molar-refractivity contribution in [1.29, 1.82) is 0 Å². The van der Waals surface area contributed by atoms with Crippen molar-refractivity contribution in [3.63, 3.8) is 0 Å². The standard InChI is InChI=1S/C14H16Cl2N2O3/c15-11-4-1-3-10(13(11)16)14(21)18-6-2-5-17(7-8-18)9-12(19)20/h1,3-4H,2,5-9H2,(H,19,20). The van der Waals surface area contributed by atoms with Crippen LogP contribution in [0.5, 0.6) is 0 Å². The quantitative estimate of drug-likeness (QED) is 0.923. The highest BCUT2D eigenvalue weighted by atomic mass is 35.5. The van der Waals surface area contributed by atoms with Crippen LogP contribution >= 0.6 is 23.2 Å². The van der Waals surface area contributed by atoms with Gasteiger partial charge in [0, 0.05) is 26.2 Å². The maximum Gasteiger partial charge on any atom is 0.317 e. The molecule has 1 aliphatic heterocycles. The number of benzene rings is 1. The summed E-state index contributed by atoms with van der Waals surface area (Å²) in [6.07, 6.45) is 0.733. The van der Waals surface area contributed by atoms with Crippen molar-refractivity contribution in [2.75, 3.05) is 32.7 Å². The summed E-state index contributed by atoms with van der Waals surface area (Å²) in [7, 11) is 0. The van der Waals surface area contributed by atoms with Gasteiger partial charge < -0.3 is 10.0 Å². The summed E-state index contributed by atoms with van der Waals surface area (Å²) in [5.74, 6) is -1.02. The minimum Gasteiger partial charge on any atom is -0.480 e. The molecule has 0 spiro atoms. The number of carboxylic acid groups (broad SMARTS) is 1. The molecule has 0 radical (unpaired) electrons. The molecule has 1 N–H and O–H groups in total. The summed E-state index contributed by atoms with van der Waals surface area (Å²) in [6.45, 7) is 2.27. The molecule has 2 rings (SSSR count). The van der Waals surface area contributed by atoms with Gasteiger partial charge in [-0.15, -0.1) is 0 Å². The van der Waals surface area contributed by atoms with E-state index in [2.05, 4.69) is 0 Å². The first-order chi connectivity index (χ1) is 9.99. The first-order valence-electron chi connectivity index (χ1n) is 6.66. The fourth-order valence-corrected chi connectivity index (χ4v) is 2.74. The summed E-state index contributed by atoms with van der Waals surface area (Å²) in [6, 6.07) is 4.98. The van der Waals surface area contributed by atoms with Crippen molar-refractivity contribution in [3.8, 4) is 0 Å². The van der Waals surface area contributed by atoms with Crippen molar-refractivity contribution in [1.82, 2.24) is 9.80 Å². The van der Waals surface area contributed by atoms with Crippen molar-refractivity contribution >= 4 is 35.1 Å². The van der Waals surface area contributed by atoms with Gasteiger partial charge in [-0.1, -0.05) is 29.3 Å². The van der Waals surface area contributed by atoms with Crippen LogP contribution in [0.3, 0.4) is 0 Å². The van der Waals surface area contributed by atoms with Gasteiger partial charge in [0.05, 0.1) is 22.2 Å². The monoisotopic (exact) mass is 330 g/mol. The second-order valence-corrected chi connectivity index (χ2v) is 5.70. The molecule has 1 saturated heterocycles. The number of halogens is 2. The minimum atomic E-state index is -0.854. The Balaban J connectivity index is 2.06. The second-order valence-electron chi connectivity index (χ2n) is 4.92. The lowest BCUT2D eigenvalue weighted by Crippen LogP contribution is -2.36. The average molecular weight is 331 g/mol. The van der Waals surface area contributed by atoms with Gasteiger partial charge in [0.15, 0.2) is 0 Å². The molecule has 0 bridgehead atoms. The Labute approximate surface area is 133 Å². The van der Waals surface area contributed by atoms with Gasteiger partial charge in [0.1, 0.15) is 0 Å². The third kappa shape index (κ3) is 4.09. The molecule has 0 aliphatic carbocycles. The topological polar surface area (TPSA) is 60.9 Å². The number of hydrogen-bond acceptors (Lipinski definition) is 3. The van der Waals surface area contributed by atoms with E-state index in [9.17, 15) is 9.59 Å². The molecule has 1 heterocycles. The van der Waals surface area contributed by atoms with E-state index in [4.69, 9.17) is 28.3 Å². The molecule has 0 atom stereocenters. The van der Waals surface area contributed by atoms with E-state index in [0.29, 0.717) is 36.8 Å². The van der Waals surface area contributed by atoms with Crippen LogP contribution in [-0.2, 0) is 4.79 Å². The Morgan fingerprint density at radius 3 is 2.62 bits per heavy atom. The van der Waals surface area contributed by atoms with E-state index >= 15 is 0 Å². The van der Waals surface area contributed by atoms with Crippen molar-refractivity contribution in [2.24, 2.45) is 0 Å². The zero-order chi connectivity index (χ0) is 15.4. The Morgan fingerprint density at radius 1 is 1.14 bits per heavy atom. The number of carboxylic acids is 1. The number of hydrogen-bond donors (Lipinski definition) is 1. The van der Waals surface area contributed by atoms with Crippen LogP contribution in [-0.4, -0.2) is 59.5 Å². The van der Waals surface area contributed by atoms with Crippen molar-refractivity contribution in [3.05, 3.63) is 33.8 Å². The molecule has 7 heteroatoms. The molecular weight excluding hydrogens is 315 g/mol. The highest BCUT2D eigenvalue weighted by Gasteiger charge is 2.23. The van der Waals surface area contributed by atoms with Gasteiger partial charge in [-0.3, -0.25) is 14.5 Å². The minimum absolute atomic E-state index is 0.0000478. The molecule has 1 aromatic carbocycles. The van der Waals surface area contributed by atoms with E-state index < -0.39 is 5.97 Å². The van der Waals surface area contributed by atoms with Gasteiger partial charge in [0.25, 0.3) is 5.91 Å². The third-order valence-corrected chi connectivity index (χ3v) is 4.24. The lowest BCUT2D eigenvalue weighted by Gasteiger charge is -2.21. The van der Waals surface area contributed by atoms with Crippen molar-refractivity contribution in [2.45, 2.75) is 6.42 Å². The second kappa shape index (κ2) is 7.11. The molecule has 1 aromatic rings. The molecule has 5 nitrogen and oxygen atoms in total. The van der Waals surface area contributed by atoms with Gasteiger partial charge in [-0.25, -0.2) is 0 Å². The van der Waals surface area contributed by atoms with Gasteiger partial charge in [-0.05, 0) is 18.6 Å². The smallest absolute Gasteiger partial charge is 0.317 e. The third-order valence-electron chi connectivity index (χ3n) is 3.42. The number of rotatable bonds is 3. The van der Waals surface area contributed by atoms with Gasteiger partial charge in [0.2, 0.25) is 0 Å². The van der Waals surface area contributed by atoms with Crippen LogP contribution in [0, 0.1) is 0 Å². The molecule has 21 heavy (non-hydrogen) atoms. The van der Waals surface area contributed by atoms with Crippen LogP contribution in [0.15, 0.2) is 18.2 Å². The first-order valence-corrected chi connectivity index (χ1v) is 7.42. The molecule has 1 fully saturated rings. The van der Waals surface area contributed by atoms with Crippen LogP contribution in [0.4, 0.5) is 0 Å². The number of amides is 1. The lowest BCUT2D eigenvalue weighted by molar-refractivity contribution is -0.138. The Bertz CT molecular complexity index is 551. The van der Waals surface area contributed by atoms with Crippen LogP contribution in [0.2, 0.25) is 10.0 Å². The molecule has 1 amide bonds. The van der Waals surface area contributed by atoms with Crippen LogP contribution < -0.4 is 0 Å². The Hall–Kier alpha value is -1.30. The number of carbonyl (C=O) groups is 2. The maximum atomic E-state index is 12.5. The average Bonchev–Trinajstić information content (AvgIpc) is 2.66. The van der Waals surface area contributed by atoms with Crippen molar-refractivity contribution < 1.29 is 14.7 Å². The van der Waals surface area contributed by atoms with E-state index in [1.165, 1.54) is 0 Å². The first kappa shape index (κ1) is 16.1. The molecule has 1 aliphatic rings.